The number of benzene rings is 2. The molecule has 1 aliphatic heterocycles. The number of hydrogen-bond acceptors (Lipinski definition) is 3. The molecule has 21 heavy (non-hydrogen) atoms. The van der Waals surface area contributed by atoms with Gasteiger partial charge in [-0.15, -0.1) is 0 Å². The standard InChI is InChI=1S/C18H17N3/c1-14-7-9-16(10-8-14)18(13-19)21-12-11-17(20-21)15-5-3-2-4-6-15/h2-10,18H,11-12H2,1H3/t18-/m1/s1. The summed E-state index contributed by atoms with van der Waals surface area (Å²) >= 11 is 0. The average Bonchev–Trinajstić information content (AvgIpc) is 3.00. The third-order valence-electron chi connectivity index (χ3n) is 3.75. The third kappa shape index (κ3) is 2.80. The molecule has 0 unspecified atom stereocenters. The van der Waals surface area contributed by atoms with E-state index in [0.29, 0.717) is 0 Å². The van der Waals surface area contributed by atoms with Crippen LogP contribution in [0.25, 0.3) is 0 Å². The van der Waals surface area contributed by atoms with Gasteiger partial charge in [-0.2, -0.15) is 10.4 Å². The fourth-order valence-corrected chi connectivity index (χ4v) is 2.56. The number of hydrogen-bond donors (Lipinski definition) is 0. The molecule has 3 rings (SSSR count). The minimum atomic E-state index is -0.313. The Labute approximate surface area is 125 Å². The van der Waals surface area contributed by atoms with Crippen LogP contribution in [0.5, 0.6) is 0 Å². The van der Waals surface area contributed by atoms with Crippen molar-refractivity contribution in [1.29, 1.82) is 5.26 Å². The van der Waals surface area contributed by atoms with E-state index in [9.17, 15) is 5.26 Å². The average molecular weight is 275 g/mol. The molecule has 0 aliphatic carbocycles. The first kappa shape index (κ1) is 13.4. The van der Waals surface area contributed by atoms with Crippen LogP contribution in [0.1, 0.15) is 29.2 Å². The molecule has 0 saturated carbocycles. The maximum Gasteiger partial charge on any atom is 0.158 e. The van der Waals surface area contributed by atoms with Crippen LogP contribution in [-0.2, 0) is 0 Å². The zero-order valence-electron chi connectivity index (χ0n) is 12.0. The van der Waals surface area contributed by atoms with E-state index in [-0.39, 0.29) is 6.04 Å². The van der Waals surface area contributed by atoms with E-state index in [4.69, 9.17) is 0 Å². The van der Waals surface area contributed by atoms with E-state index in [1.165, 1.54) is 5.56 Å². The molecule has 1 heterocycles. The fraction of sp³-hybridized carbons (Fsp3) is 0.222. The van der Waals surface area contributed by atoms with Crippen molar-refractivity contribution in [1.82, 2.24) is 5.01 Å². The number of aryl methyl sites for hydroxylation is 1. The second-order valence-corrected chi connectivity index (χ2v) is 5.27. The molecule has 0 bridgehead atoms. The summed E-state index contributed by atoms with van der Waals surface area (Å²) in [7, 11) is 0. The Kier molecular flexibility index (Phi) is 3.70. The fourth-order valence-electron chi connectivity index (χ4n) is 2.56. The summed E-state index contributed by atoms with van der Waals surface area (Å²) in [6, 6.07) is 20.3. The molecular weight excluding hydrogens is 258 g/mol. The van der Waals surface area contributed by atoms with E-state index in [2.05, 4.69) is 23.3 Å². The van der Waals surface area contributed by atoms with Gasteiger partial charge in [0.05, 0.1) is 11.8 Å². The molecule has 2 aromatic rings. The SMILES string of the molecule is Cc1ccc([C@@H](C#N)N2CCC(c3ccccc3)=N2)cc1. The van der Waals surface area contributed by atoms with Crippen molar-refractivity contribution < 1.29 is 0 Å². The van der Waals surface area contributed by atoms with Crippen molar-refractivity contribution in [2.24, 2.45) is 5.10 Å². The highest BCUT2D eigenvalue weighted by Gasteiger charge is 2.24. The molecule has 0 fully saturated rings. The van der Waals surface area contributed by atoms with Gasteiger partial charge in [0, 0.05) is 13.0 Å². The lowest BCUT2D eigenvalue weighted by molar-refractivity contribution is 0.275. The van der Waals surface area contributed by atoms with E-state index in [1.54, 1.807) is 0 Å². The predicted molar refractivity (Wildman–Crippen MR) is 83.8 cm³/mol. The molecule has 0 amide bonds. The van der Waals surface area contributed by atoms with Gasteiger partial charge in [-0.25, -0.2) is 0 Å². The molecule has 0 spiro atoms. The van der Waals surface area contributed by atoms with E-state index in [0.717, 1.165) is 29.8 Å². The Bertz CT molecular complexity index is 681. The maximum atomic E-state index is 9.51. The van der Waals surface area contributed by atoms with Gasteiger partial charge in [0.25, 0.3) is 0 Å². The Hall–Kier alpha value is -2.60. The zero-order valence-corrected chi connectivity index (χ0v) is 12.0. The molecule has 0 saturated heterocycles. The van der Waals surface area contributed by atoms with Crippen LogP contribution in [0.15, 0.2) is 59.7 Å². The summed E-state index contributed by atoms with van der Waals surface area (Å²) in [5.41, 5.74) is 4.40. The van der Waals surface area contributed by atoms with Crippen molar-refractivity contribution in [3.05, 3.63) is 71.3 Å². The van der Waals surface area contributed by atoms with Crippen LogP contribution < -0.4 is 0 Å². The summed E-state index contributed by atoms with van der Waals surface area (Å²) < 4.78 is 0. The van der Waals surface area contributed by atoms with Crippen molar-refractivity contribution in [3.8, 4) is 6.07 Å². The minimum absolute atomic E-state index is 0.313. The van der Waals surface area contributed by atoms with Gasteiger partial charge in [0.2, 0.25) is 0 Å². The molecule has 3 nitrogen and oxygen atoms in total. The minimum Gasteiger partial charge on any atom is -0.275 e. The molecule has 3 heteroatoms. The molecule has 1 atom stereocenters. The zero-order chi connectivity index (χ0) is 14.7. The van der Waals surface area contributed by atoms with Crippen molar-refractivity contribution >= 4 is 5.71 Å². The predicted octanol–water partition coefficient (Wildman–Crippen LogP) is 3.67. The van der Waals surface area contributed by atoms with Crippen LogP contribution in [0.4, 0.5) is 0 Å². The van der Waals surface area contributed by atoms with Gasteiger partial charge >= 0.3 is 0 Å². The summed E-state index contributed by atoms with van der Waals surface area (Å²) in [5.74, 6) is 0. The van der Waals surface area contributed by atoms with E-state index < -0.39 is 0 Å². The lowest BCUT2D eigenvalue weighted by atomic mass is 10.1. The summed E-state index contributed by atoms with van der Waals surface area (Å²) in [4.78, 5) is 0. The Morgan fingerprint density at radius 2 is 1.81 bits per heavy atom. The number of nitriles is 1. The molecule has 104 valence electrons. The maximum absolute atomic E-state index is 9.51. The van der Waals surface area contributed by atoms with Crippen molar-refractivity contribution in [2.45, 2.75) is 19.4 Å². The van der Waals surface area contributed by atoms with E-state index >= 15 is 0 Å². The van der Waals surface area contributed by atoms with Gasteiger partial charge in [-0.3, -0.25) is 5.01 Å². The second kappa shape index (κ2) is 5.80. The molecule has 1 aliphatic rings. The molecule has 2 aromatic carbocycles. The van der Waals surface area contributed by atoms with E-state index in [1.807, 2.05) is 54.4 Å². The lowest BCUT2D eigenvalue weighted by Gasteiger charge is -2.20. The normalized spacial score (nSPS) is 15.4. The molecule has 0 aromatic heterocycles. The van der Waals surface area contributed by atoms with Crippen molar-refractivity contribution in [3.63, 3.8) is 0 Å². The molecule has 0 N–H and O–H groups in total. The topological polar surface area (TPSA) is 39.4 Å². The summed E-state index contributed by atoms with van der Waals surface area (Å²) in [6.45, 7) is 2.84. The number of nitrogens with zero attached hydrogens (tertiary/aromatic N) is 3. The van der Waals surface area contributed by atoms with Gasteiger partial charge in [0.1, 0.15) is 0 Å². The van der Waals surface area contributed by atoms with Gasteiger partial charge in [0.15, 0.2) is 6.04 Å². The first-order valence-corrected chi connectivity index (χ1v) is 7.13. The highest BCUT2D eigenvalue weighted by molar-refractivity contribution is 6.01. The monoisotopic (exact) mass is 275 g/mol. The highest BCUT2D eigenvalue weighted by atomic mass is 15.5. The van der Waals surface area contributed by atoms with Crippen molar-refractivity contribution in [2.75, 3.05) is 6.54 Å². The summed E-state index contributed by atoms with van der Waals surface area (Å²) in [6.07, 6.45) is 0.883. The smallest absolute Gasteiger partial charge is 0.158 e. The van der Waals surface area contributed by atoms with Crippen LogP contribution in [-0.4, -0.2) is 17.3 Å². The Morgan fingerprint density at radius 3 is 2.48 bits per heavy atom. The Morgan fingerprint density at radius 1 is 1.10 bits per heavy atom. The molecule has 0 radical (unpaired) electrons. The largest absolute Gasteiger partial charge is 0.275 e. The highest BCUT2D eigenvalue weighted by Crippen LogP contribution is 2.25. The Balaban J connectivity index is 1.85. The van der Waals surface area contributed by atoms with Gasteiger partial charge < -0.3 is 0 Å². The van der Waals surface area contributed by atoms with Crippen LogP contribution in [0.2, 0.25) is 0 Å². The quantitative estimate of drug-likeness (QED) is 0.857. The number of hydrazone groups is 1. The second-order valence-electron chi connectivity index (χ2n) is 5.27. The van der Waals surface area contributed by atoms with Crippen LogP contribution in [0.3, 0.4) is 0 Å². The van der Waals surface area contributed by atoms with Gasteiger partial charge in [-0.1, -0.05) is 60.2 Å². The van der Waals surface area contributed by atoms with Gasteiger partial charge in [-0.05, 0) is 18.1 Å². The first-order chi connectivity index (χ1) is 10.3. The first-order valence-electron chi connectivity index (χ1n) is 7.13. The lowest BCUT2D eigenvalue weighted by Crippen LogP contribution is -2.20. The van der Waals surface area contributed by atoms with Crippen LogP contribution in [0, 0.1) is 18.3 Å². The summed E-state index contributed by atoms with van der Waals surface area (Å²) in [5, 5.41) is 16.1. The molecular formula is C18H17N3. The third-order valence-corrected chi connectivity index (χ3v) is 3.75. The number of rotatable bonds is 3. The van der Waals surface area contributed by atoms with Crippen LogP contribution >= 0.6 is 0 Å².